The van der Waals surface area contributed by atoms with Crippen molar-refractivity contribution in [2.45, 2.75) is 81.4 Å². The Bertz CT molecular complexity index is 817. The van der Waals surface area contributed by atoms with Gasteiger partial charge in [0.05, 0.1) is 35.8 Å². The third-order valence-electron chi connectivity index (χ3n) is 7.60. The van der Waals surface area contributed by atoms with E-state index >= 15 is 0 Å². The Kier molecular flexibility index (Phi) is 9.49. The largest absolute Gasteiger partial charge is 0.465 e. The molecule has 7 nitrogen and oxygen atoms in total. The molecular weight excluding hydrogens is 464 g/mol. The molecule has 8 heteroatoms. The predicted molar refractivity (Wildman–Crippen MR) is 139 cm³/mol. The number of carbonyl (C=O) groups excluding carboxylic acids is 3. The van der Waals surface area contributed by atoms with Crippen LogP contribution >= 0.6 is 11.8 Å². The highest BCUT2D eigenvalue weighted by molar-refractivity contribution is 8.02. The summed E-state index contributed by atoms with van der Waals surface area (Å²) < 4.78 is 4.87. The third-order valence-corrected chi connectivity index (χ3v) is 9.55. The van der Waals surface area contributed by atoms with E-state index in [0.29, 0.717) is 32.4 Å². The van der Waals surface area contributed by atoms with Crippen LogP contribution in [0.25, 0.3) is 0 Å². The molecule has 3 aliphatic rings. The summed E-state index contributed by atoms with van der Waals surface area (Å²) in [4.78, 5) is 44.9. The van der Waals surface area contributed by atoms with Crippen molar-refractivity contribution in [2.75, 3.05) is 26.3 Å². The highest BCUT2D eigenvalue weighted by Crippen LogP contribution is 2.67. The zero-order valence-electron chi connectivity index (χ0n) is 21.5. The Morgan fingerprint density at radius 3 is 2.69 bits per heavy atom. The van der Waals surface area contributed by atoms with E-state index in [2.05, 4.69) is 20.1 Å². The fourth-order valence-corrected chi connectivity index (χ4v) is 8.35. The van der Waals surface area contributed by atoms with Crippen LogP contribution in [0.4, 0.5) is 0 Å². The summed E-state index contributed by atoms with van der Waals surface area (Å²) in [5, 5.41) is 10.3. The lowest BCUT2D eigenvalue weighted by atomic mass is 9.71. The summed E-state index contributed by atoms with van der Waals surface area (Å²) in [6, 6.07) is -1.17. The van der Waals surface area contributed by atoms with E-state index in [9.17, 15) is 19.5 Å². The smallest absolute Gasteiger partial charge is 0.310 e. The van der Waals surface area contributed by atoms with E-state index in [1.165, 1.54) is 0 Å². The maximum Gasteiger partial charge on any atom is 0.310 e. The molecule has 2 amide bonds. The van der Waals surface area contributed by atoms with Gasteiger partial charge in [0.1, 0.15) is 6.04 Å². The second kappa shape index (κ2) is 12.0. The molecule has 1 N–H and O–H groups in total. The lowest BCUT2D eigenvalue weighted by Crippen LogP contribution is -2.57. The van der Waals surface area contributed by atoms with Crippen molar-refractivity contribution in [3.8, 4) is 0 Å². The molecule has 6 atom stereocenters. The van der Waals surface area contributed by atoms with E-state index in [4.69, 9.17) is 4.74 Å². The number of esters is 1. The van der Waals surface area contributed by atoms with E-state index in [1.54, 1.807) is 33.7 Å². The SMILES string of the molecule is C=CCCOC(=O)[C@@H]1[C@H]2C(=O)N([C@@H](CO)CC(C)C)C(C(=O)N(CC=C)CCCC)C23CC[C@H]1S3. The summed E-state index contributed by atoms with van der Waals surface area (Å²) in [6.45, 7) is 14.7. The summed E-state index contributed by atoms with van der Waals surface area (Å²) >= 11 is 1.64. The van der Waals surface area contributed by atoms with Gasteiger partial charge in [-0.05, 0) is 38.0 Å². The molecule has 0 radical (unpaired) electrons. The highest BCUT2D eigenvalue weighted by Gasteiger charge is 2.74. The summed E-state index contributed by atoms with van der Waals surface area (Å²) in [6.07, 6.45) is 7.86. The monoisotopic (exact) mass is 506 g/mol. The Hall–Kier alpha value is -1.80. The van der Waals surface area contributed by atoms with Gasteiger partial charge in [0.15, 0.2) is 0 Å². The van der Waals surface area contributed by atoms with Gasteiger partial charge in [-0.25, -0.2) is 0 Å². The zero-order valence-corrected chi connectivity index (χ0v) is 22.3. The maximum absolute atomic E-state index is 14.2. The molecule has 0 saturated carbocycles. The molecule has 3 aliphatic heterocycles. The number of fused-ring (bicyclic) bond motifs is 1. The van der Waals surface area contributed by atoms with Gasteiger partial charge in [0.2, 0.25) is 11.8 Å². The van der Waals surface area contributed by atoms with Gasteiger partial charge in [-0.3, -0.25) is 14.4 Å². The topological polar surface area (TPSA) is 87.1 Å². The minimum Gasteiger partial charge on any atom is -0.465 e. The third kappa shape index (κ3) is 5.19. The summed E-state index contributed by atoms with van der Waals surface area (Å²) in [5.41, 5.74) is 0. The van der Waals surface area contributed by atoms with Crippen LogP contribution in [0.15, 0.2) is 25.3 Å². The van der Waals surface area contributed by atoms with E-state index in [-0.39, 0.29) is 42.2 Å². The number of thioether (sulfide) groups is 1. The molecule has 3 heterocycles. The molecular formula is C27H42N2O5S. The fourth-order valence-electron chi connectivity index (χ4n) is 6.16. The van der Waals surface area contributed by atoms with E-state index in [1.807, 2.05) is 13.8 Å². The number of ether oxygens (including phenoxy) is 1. The number of rotatable bonds is 14. The second-order valence-electron chi connectivity index (χ2n) is 10.4. The van der Waals surface area contributed by atoms with Crippen LogP contribution in [0.3, 0.4) is 0 Å². The maximum atomic E-state index is 14.2. The first kappa shape index (κ1) is 27.8. The van der Waals surface area contributed by atoms with Gasteiger partial charge in [0, 0.05) is 18.3 Å². The van der Waals surface area contributed by atoms with Gasteiger partial charge in [-0.15, -0.1) is 24.9 Å². The molecule has 2 bridgehead atoms. The Morgan fingerprint density at radius 1 is 1.34 bits per heavy atom. The molecule has 1 spiro atoms. The number of hydrogen-bond donors (Lipinski definition) is 1. The molecule has 196 valence electrons. The van der Waals surface area contributed by atoms with Gasteiger partial charge in [-0.2, -0.15) is 0 Å². The fraction of sp³-hybridized carbons (Fsp3) is 0.741. The molecule has 0 aromatic heterocycles. The number of aliphatic hydroxyl groups excluding tert-OH is 1. The Morgan fingerprint density at radius 2 is 2.09 bits per heavy atom. The lowest BCUT2D eigenvalue weighted by Gasteiger charge is -2.40. The molecule has 0 aromatic carbocycles. The molecule has 0 aromatic rings. The van der Waals surface area contributed by atoms with Crippen LogP contribution in [0.5, 0.6) is 0 Å². The molecule has 35 heavy (non-hydrogen) atoms. The number of unbranched alkanes of at least 4 members (excludes halogenated alkanes) is 1. The van der Waals surface area contributed by atoms with Gasteiger partial charge in [-0.1, -0.05) is 39.3 Å². The highest BCUT2D eigenvalue weighted by atomic mass is 32.2. The van der Waals surface area contributed by atoms with Crippen LogP contribution < -0.4 is 0 Å². The molecule has 2 unspecified atom stereocenters. The molecule has 3 fully saturated rings. The van der Waals surface area contributed by atoms with Gasteiger partial charge < -0.3 is 19.6 Å². The van der Waals surface area contributed by atoms with E-state index < -0.39 is 28.7 Å². The lowest BCUT2D eigenvalue weighted by molar-refractivity contribution is -0.154. The number of carbonyl (C=O) groups is 3. The number of aliphatic hydroxyl groups is 1. The van der Waals surface area contributed by atoms with Crippen molar-refractivity contribution in [1.82, 2.24) is 9.80 Å². The molecule has 0 aliphatic carbocycles. The van der Waals surface area contributed by atoms with Crippen molar-refractivity contribution in [3.63, 3.8) is 0 Å². The second-order valence-corrected chi connectivity index (χ2v) is 12.0. The van der Waals surface area contributed by atoms with Crippen molar-refractivity contribution in [3.05, 3.63) is 25.3 Å². The number of amides is 2. The minimum absolute atomic E-state index is 0.0289. The number of likely N-dealkylation sites (tertiary alicyclic amines) is 1. The number of hydrogen-bond acceptors (Lipinski definition) is 6. The van der Waals surface area contributed by atoms with Crippen LogP contribution in [-0.2, 0) is 19.1 Å². The Balaban J connectivity index is 2.02. The van der Waals surface area contributed by atoms with Crippen molar-refractivity contribution in [2.24, 2.45) is 17.8 Å². The number of nitrogens with zero attached hydrogens (tertiary/aromatic N) is 2. The summed E-state index contributed by atoms with van der Waals surface area (Å²) in [5.74, 6) is -1.55. The average molecular weight is 507 g/mol. The van der Waals surface area contributed by atoms with Gasteiger partial charge >= 0.3 is 5.97 Å². The van der Waals surface area contributed by atoms with Crippen molar-refractivity contribution in [1.29, 1.82) is 0 Å². The average Bonchev–Trinajstić information content (AvgIpc) is 3.47. The zero-order chi connectivity index (χ0) is 25.8. The first-order chi connectivity index (χ1) is 16.8. The van der Waals surface area contributed by atoms with Gasteiger partial charge in [0.25, 0.3) is 0 Å². The van der Waals surface area contributed by atoms with Crippen LogP contribution in [0.2, 0.25) is 0 Å². The minimum atomic E-state index is -0.700. The Labute approximate surface area is 214 Å². The standard InChI is InChI=1S/C27H42N2O5S/c1-6-9-14-28(13-8-3)25(32)23-27-12-11-20(35-27)21(26(33)34-15-10-7-2)22(27)24(31)29(23)19(17-30)16-18(4)5/h7-8,18-23,30H,2-3,6,9-17H2,1,4-5H3/t19-,20-,21+,22+,23?,27?/m1/s1. The normalized spacial score (nSPS) is 29.9. The van der Waals surface area contributed by atoms with Crippen LogP contribution in [0.1, 0.15) is 59.3 Å². The first-order valence-corrected chi connectivity index (χ1v) is 13.9. The quantitative estimate of drug-likeness (QED) is 0.221. The van der Waals surface area contributed by atoms with E-state index in [0.717, 1.165) is 19.3 Å². The van der Waals surface area contributed by atoms with Crippen LogP contribution in [0, 0.1) is 17.8 Å². The summed E-state index contributed by atoms with van der Waals surface area (Å²) in [7, 11) is 0. The molecule has 3 saturated heterocycles. The molecule has 3 rings (SSSR count). The van der Waals surface area contributed by atoms with Crippen molar-refractivity contribution < 1.29 is 24.2 Å². The van der Waals surface area contributed by atoms with Crippen molar-refractivity contribution >= 4 is 29.5 Å². The van der Waals surface area contributed by atoms with Crippen LogP contribution in [-0.4, -0.2) is 81.1 Å². The predicted octanol–water partition coefficient (Wildman–Crippen LogP) is 3.42. The first-order valence-electron chi connectivity index (χ1n) is 13.0.